The number of benzene rings is 1. The second-order valence-electron chi connectivity index (χ2n) is 8.33. The van der Waals surface area contributed by atoms with Crippen molar-refractivity contribution >= 4 is 27.6 Å². The van der Waals surface area contributed by atoms with Crippen LogP contribution in [0.1, 0.15) is 43.9 Å². The van der Waals surface area contributed by atoms with E-state index in [4.69, 9.17) is 30.5 Å². The third-order valence-electron chi connectivity index (χ3n) is 6.06. The maximum Gasteiger partial charge on any atom is 0.243 e. The molecule has 3 aromatic rings. The van der Waals surface area contributed by atoms with Crippen LogP contribution in [0, 0.1) is 0 Å². The van der Waals surface area contributed by atoms with E-state index in [2.05, 4.69) is 24.9 Å². The van der Waals surface area contributed by atoms with Crippen molar-refractivity contribution < 1.29 is 27.4 Å². The van der Waals surface area contributed by atoms with Crippen LogP contribution < -0.4 is 14.2 Å². The molecule has 0 amide bonds. The van der Waals surface area contributed by atoms with Crippen molar-refractivity contribution in [3.63, 3.8) is 0 Å². The molecule has 2 aromatic heterocycles. The van der Waals surface area contributed by atoms with Crippen LogP contribution >= 0.6 is 11.6 Å². The Morgan fingerprint density at radius 3 is 2.35 bits per heavy atom. The van der Waals surface area contributed by atoms with Crippen molar-refractivity contribution in [2.45, 2.75) is 43.6 Å². The first-order chi connectivity index (χ1) is 17.7. The van der Waals surface area contributed by atoms with Crippen LogP contribution in [0.3, 0.4) is 0 Å². The molecule has 0 bridgehead atoms. The van der Waals surface area contributed by atoms with Crippen LogP contribution in [0.25, 0.3) is 5.69 Å². The molecule has 0 spiro atoms. The third kappa shape index (κ3) is 5.49. The first-order valence-electron chi connectivity index (χ1n) is 11.6. The summed E-state index contributed by atoms with van der Waals surface area (Å²) in [6.07, 6.45) is 2.47. The van der Waals surface area contributed by atoms with Gasteiger partial charge < -0.3 is 18.9 Å². The predicted octanol–water partition coefficient (Wildman–Crippen LogP) is 3.14. The molecular formula is C23H29ClN6O6S. The molecule has 0 aliphatic heterocycles. The minimum absolute atomic E-state index is 0.0290. The molecule has 1 saturated carbocycles. The zero-order chi connectivity index (χ0) is 26.7. The Kier molecular flexibility index (Phi) is 8.17. The molecular weight excluding hydrogens is 524 g/mol. The van der Waals surface area contributed by atoms with Crippen molar-refractivity contribution in [2.24, 2.45) is 0 Å². The summed E-state index contributed by atoms with van der Waals surface area (Å²) in [6, 6.07) is 5.26. The van der Waals surface area contributed by atoms with Crippen LogP contribution in [0.4, 0.5) is 5.95 Å². The average molecular weight is 553 g/mol. The molecule has 2 heterocycles. The highest BCUT2D eigenvalue weighted by Crippen LogP contribution is 2.46. The van der Waals surface area contributed by atoms with Gasteiger partial charge in [0.1, 0.15) is 34.4 Å². The molecule has 1 fully saturated rings. The lowest BCUT2D eigenvalue weighted by molar-refractivity contribution is 0.0950. The Morgan fingerprint density at radius 1 is 1.14 bits per heavy atom. The summed E-state index contributed by atoms with van der Waals surface area (Å²) in [4.78, 5) is 8.25. The SMILES string of the molecule is CCO[C@H]1C[C@H]1c1nnc(NS(=O)(=O)[C@@H](C)[C@H](OC)c2ncc(Cl)cn2)n1-c1c(OC)cccc1OC. The number of hydrogen-bond donors (Lipinski definition) is 1. The van der Waals surface area contributed by atoms with Crippen molar-refractivity contribution in [2.75, 3.05) is 32.7 Å². The summed E-state index contributed by atoms with van der Waals surface area (Å²) in [5.41, 5.74) is 0.462. The molecule has 1 N–H and O–H groups in total. The molecule has 0 unspecified atom stereocenters. The van der Waals surface area contributed by atoms with Crippen molar-refractivity contribution in [3.05, 3.63) is 47.3 Å². The van der Waals surface area contributed by atoms with Crippen molar-refractivity contribution in [1.29, 1.82) is 0 Å². The first kappa shape index (κ1) is 27.0. The Morgan fingerprint density at radius 2 is 1.78 bits per heavy atom. The summed E-state index contributed by atoms with van der Waals surface area (Å²) >= 11 is 5.88. The second-order valence-corrected chi connectivity index (χ2v) is 10.8. The fourth-order valence-corrected chi connectivity index (χ4v) is 5.30. The topological polar surface area (TPSA) is 140 Å². The van der Waals surface area contributed by atoms with Crippen LogP contribution in [-0.4, -0.2) is 72.4 Å². The minimum Gasteiger partial charge on any atom is -0.494 e. The molecule has 0 radical (unpaired) electrons. The number of nitrogens with zero attached hydrogens (tertiary/aromatic N) is 5. The molecule has 1 aliphatic rings. The molecule has 14 heteroatoms. The first-order valence-corrected chi connectivity index (χ1v) is 13.5. The van der Waals surface area contributed by atoms with Crippen LogP contribution in [0.5, 0.6) is 11.5 Å². The minimum atomic E-state index is -4.09. The van der Waals surface area contributed by atoms with Gasteiger partial charge in [0.25, 0.3) is 0 Å². The highest BCUT2D eigenvalue weighted by Gasteiger charge is 2.45. The van der Waals surface area contributed by atoms with Gasteiger partial charge in [-0.25, -0.2) is 18.4 Å². The number of nitrogens with one attached hydrogen (secondary N) is 1. The van der Waals surface area contributed by atoms with E-state index in [1.165, 1.54) is 40.6 Å². The fraction of sp³-hybridized carbons (Fsp3) is 0.478. The van der Waals surface area contributed by atoms with Gasteiger partial charge in [-0.15, -0.1) is 10.2 Å². The zero-order valence-corrected chi connectivity index (χ0v) is 22.7. The maximum atomic E-state index is 13.6. The van der Waals surface area contributed by atoms with Gasteiger partial charge in [-0.05, 0) is 32.4 Å². The van der Waals surface area contributed by atoms with Gasteiger partial charge in [-0.1, -0.05) is 17.7 Å². The number of aromatic nitrogens is 5. The standard InChI is InChI=1S/C23H29ClN6O6S/c1-6-36-18-10-15(18)22-27-28-23(30(22)19-16(33-3)8-7-9-17(19)34-4)29-37(31,32)13(2)20(35-5)21-25-11-14(24)12-26-21/h7-9,11-13,15,18,20H,6,10H2,1-5H3,(H,28,29)/t13-,15+,18-,20-/m0/s1. The smallest absolute Gasteiger partial charge is 0.243 e. The lowest BCUT2D eigenvalue weighted by Gasteiger charge is -2.23. The summed E-state index contributed by atoms with van der Waals surface area (Å²) in [7, 11) is 0.327. The Bertz CT molecular complexity index is 1310. The largest absolute Gasteiger partial charge is 0.494 e. The molecule has 4 rings (SSSR count). The Hall–Kier alpha value is -3.00. The van der Waals surface area contributed by atoms with Gasteiger partial charge in [-0.2, -0.15) is 0 Å². The molecule has 4 atom stereocenters. The molecule has 37 heavy (non-hydrogen) atoms. The fourth-order valence-electron chi connectivity index (χ4n) is 4.08. The van der Waals surface area contributed by atoms with Crippen LogP contribution in [0.15, 0.2) is 30.6 Å². The van der Waals surface area contributed by atoms with Crippen molar-refractivity contribution in [3.8, 4) is 17.2 Å². The number of methoxy groups -OCH3 is 3. The van der Waals surface area contributed by atoms with E-state index in [0.29, 0.717) is 34.6 Å². The lowest BCUT2D eigenvalue weighted by Crippen LogP contribution is -2.33. The van der Waals surface area contributed by atoms with Gasteiger partial charge >= 0.3 is 0 Å². The summed E-state index contributed by atoms with van der Waals surface area (Å²) in [6.45, 7) is 3.96. The van der Waals surface area contributed by atoms with Gasteiger partial charge in [0.15, 0.2) is 5.82 Å². The number of sulfonamides is 1. The summed E-state index contributed by atoms with van der Waals surface area (Å²) < 4.78 is 53.7. The highest BCUT2D eigenvalue weighted by atomic mass is 35.5. The van der Waals surface area contributed by atoms with Crippen molar-refractivity contribution in [1.82, 2.24) is 24.7 Å². The van der Waals surface area contributed by atoms with Crippen LogP contribution in [0.2, 0.25) is 5.02 Å². The monoisotopic (exact) mass is 552 g/mol. The van der Waals surface area contributed by atoms with Gasteiger partial charge in [0.05, 0.1) is 25.3 Å². The number of halogens is 1. The second kappa shape index (κ2) is 11.2. The number of hydrogen-bond acceptors (Lipinski definition) is 10. The lowest BCUT2D eigenvalue weighted by atomic mass is 10.2. The molecule has 0 saturated heterocycles. The van der Waals surface area contributed by atoms with E-state index in [1.54, 1.807) is 22.8 Å². The molecule has 12 nitrogen and oxygen atoms in total. The van der Waals surface area contributed by atoms with Crippen LogP contribution in [-0.2, 0) is 19.5 Å². The number of ether oxygens (including phenoxy) is 4. The van der Waals surface area contributed by atoms with Gasteiger partial charge in [-0.3, -0.25) is 9.29 Å². The number of anilines is 1. The number of para-hydroxylation sites is 1. The predicted molar refractivity (Wildman–Crippen MR) is 136 cm³/mol. The van der Waals surface area contributed by atoms with Gasteiger partial charge in [0, 0.05) is 32.0 Å². The highest BCUT2D eigenvalue weighted by molar-refractivity contribution is 7.93. The maximum absolute atomic E-state index is 13.6. The normalized spacial score (nSPS) is 18.8. The van der Waals surface area contributed by atoms with E-state index in [1.807, 2.05) is 6.92 Å². The Labute approximate surface area is 220 Å². The summed E-state index contributed by atoms with van der Waals surface area (Å²) in [5, 5.41) is 7.76. The zero-order valence-electron chi connectivity index (χ0n) is 21.1. The average Bonchev–Trinajstić information content (AvgIpc) is 3.54. The third-order valence-corrected chi connectivity index (χ3v) is 7.94. The molecule has 200 valence electrons. The van der Waals surface area contributed by atoms with E-state index in [9.17, 15) is 8.42 Å². The quantitative estimate of drug-likeness (QED) is 0.356. The van der Waals surface area contributed by atoms with E-state index in [0.717, 1.165) is 6.42 Å². The van der Waals surface area contributed by atoms with Gasteiger partial charge in [0.2, 0.25) is 16.0 Å². The molecule has 1 aromatic carbocycles. The Balaban J connectivity index is 1.76. The number of rotatable bonds is 12. The van der Waals surface area contributed by atoms with E-state index >= 15 is 0 Å². The molecule has 1 aliphatic carbocycles. The van der Waals surface area contributed by atoms with E-state index < -0.39 is 21.4 Å². The summed E-state index contributed by atoms with van der Waals surface area (Å²) in [5.74, 6) is 1.50. The van der Waals surface area contributed by atoms with E-state index in [-0.39, 0.29) is 23.8 Å².